The third-order valence-electron chi connectivity index (χ3n) is 5.14. The highest BCUT2D eigenvalue weighted by molar-refractivity contribution is 7.10. The zero-order chi connectivity index (χ0) is 21.1. The molecular formula is C22H22N2O5S. The van der Waals surface area contributed by atoms with E-state index >= 15 is 0 Å². The molecule has 8 heteroatoms. The molecular weight excluding hydrogens is 404 g/mol. The predicted octanol–water partition coefficient (Wildman–Crippen LogP) is 3.67. The van der Waals surface area contributed by atoms with Crippen molar-refractivity contribution in [3.05, 3.63) is 68.7 Å². The summed E-state index contributed by atoms with van der Waals surface area (Å²) in [7, 11) is 0. The number of hydrogen-bond acceptors (Lipinski definition) is 7. The summed E-state index contributed by atoms with van der Waals surface area (Å²) >= 11 is 1.72. The van der Waals surface area contributed by atoms with Gasteiger partial charge in [-0.3, -0.25) is 4.79 Å². The summed E-state index contributed by atoms with van der Waals surface area (Å²) in [6, 6.07) is 8.67. The van der Waals surface area contributed by atoms with Crippen LogP contribution in [0.2, 0.25) is 0 Å². The van der Waals surface area contributed by atoms with Gasteiger partial charge in [0.25, 0.3) is 5.91 Å². The summed E-state index contributed by atoms with van der Waals surface area (Å²) in [5.74, 6) is 0.622. The molecule has 0 saturated carbocycles. The van der Waals surface area contributed by atoms with Gasteiger partial charge in [-0.1, -0.05) is 5.16 Å². The third kappa shape index (κ3) is 4.38. The first-order valence-corrected chi connectivity index (χ1v) is 10.5. The van der Waals surface area contributed by atoms with Crippen molar-refractivity contribution in [3.63, 3.8) is 0 Å². The van der Waals surface area contributed by atoms with Gasteiger partial charge >= 0.3 is 5.97 Å². The van der Waals surface area contributed by atoms with Crippen LogP contribution in [0.1, 0.15) is 37.8 Å². The summed E-state index contributed by atoms with van der Waals surface area (Å²) < 4.78 is 16.1. The summed E-state index contributed by atoms with van der Waals surface area (Å²) in [6.45, 7) is 5.00. The number of ether oxygens (including phenoxy) is 2. The van der Waals surface area contributed by atoms with Gasteiger partial charge in [0.1, 0.15) is 18.1 Å². The molecule has 0 spiro atoms. The Balaban J connectivity index is 1.27. The van der Waals surface area contributed by atoms with E-state index in [4.69, 9.17) is 14.0 Å². The van der Waals surface area contributed by atoms with E-state index in [2.05, 4.69) is 5.16 Å². The largest absolute Gasteiger partial charge is 0.489 e. The van der Waals surface area contributed by atoms with Gasteiger partial charge in [-0.15, -0.1) is 11.3 Å². The van der Waals surface area contributed by atoms with Crippen LogP contribution in [0.4, 0.5) is 0 Å². The topological polar surface area (TPSA) is 81.9 Å². The molecule has 1 amide bonds. The number of carbonyl (C=O) groups excluding carboxylic acids is 2. The zero-order valence-electron chi connectivity index (χ0n) is 16.8. The average molecular weight is 426 g/mol. The Kier molecular flexibility index (Phi) is 5.85. The average Bonchev–Trinajstić information content (AvgIpc) is 3.36. The lowest BCUT2D eigenvalue weighted by molar-refractivity contribution is -0.135. The molecule has 3 aromatic rings. The maximum atomic E-state index is 12.4. The molecule has 0 aliphatic carbocycles. The van der Waals surface area contributed by atoms with Gasteiger partial charge < -0.3 is 18.9 Å². The Morgan fingerprint density at radius 3 is 2.73 bits per heavy atom. The molecule has 4 rings (SSSR count). The Morgan fingerprint density at radius 1 is 1.20 bits per heavy atom. The van der Waals surface area contributed by atoms with Crippen LogP contribution in [0, 0.1) is 13.8 Å². The van der Waals surface area contributed by atoms with Gasteiger partial charge in [0.15, 0.2) is 6.61 Å². The molecule has 30 heavy (non-hydrogen) atoms. The van der Waals surface area contributed by atoms with E-state index in [9.17, 15) is 9.59 Å². The molecule has 1 aliphatic rings. The molecule has 0 unspecified atom stereocenters. The van der Waals surface area contributed by atoms with Crippen molar-refractivity contribution in [2.24, 2.45) is 0 Å². The van der Waals surface area contributed by atoms with Crippen molar-refractivity contribution in [1.29, 1.82) is 0 Å². The van der Waals surface area contributed by atoms with Crippen LogP contribution in [-0.4, -0.2) is 35.1 Å². The molecule has 2 aromatic heterocycles. The second-order valence-electron chi connectivity index (χ2n) is 7.13. The van der Waals surface area contributed by atoms with Gasteiger partial charge in [0.05, 0.1) is 16.8 Å². The van der Waals surface area contributed by atoms with Crippen molar-refractivity contribution in [2.45, 2.75) is 33.4 Å². The van der Waals surface area contributed by atoms with Crippen molar-refractivity contribution < 1.29 is 23.6 Å². The molecule has 0 bridgehead atoms. The number of thiophene rings is 1. The number of fused-ring (bicyclic) bond motifs is 1. The molecule has 0 saturated heterocycles. The van der Waals surface area contributed by atoms with Crippen molar-refractivity contribution in [3.8, 4) is 5.75 Å². The van der Waals surface area contributed by atoms with E-state index in [1.807, 2.05) is 25.3 Å². The highest BCUT2D eigenvalue weighted by Crippen LogP contribution is 2.24. The summed E-state index contributed by atoms with van der Waals surface area (Å²) in [5, 5.41) is 5.94. The molecule has 0 radical (unpaired) electrons. The SMILES string of the molecule is Cc1noc(C)c1COc1ccc(C(=O)OCC(=O)N2CCc3sccc3C2)cc1. The number of esters is 1. The number of rotatable bonds is 6. The maximum Gasteiger partial charge on any atom is 0.338 e. The first-order valence-electron chi connectivity index (χ1n) is 9.66. The third-order valence-corrected chi connectivity index (χ3v) is 6.16. The lowest BCUT2D eigenvalue weighted by Gasteiger charge is -2.26. The lowest BCUT2D eigenvalue weighted by atomic mass is 10.1. The number of aromatic nitrogens is 1. The lowest BCUT2D eigenvalue weighted by Crippen LogP contribution is -2.38. The molecule has 7 nitrogen and oxygen atoms in total. The fourth-order valence-corrected chi connectivity index (χ4v) is 4.20. The standard InChI is InChI=1S/C22H22N2O5S/c1-14-19(15(2)29-23-14)12-27-18-5-3-16(4-6-18)22(26)28-13-21(25)24-9-7-20-17(11-24)8-10-30-20/h3-6,8,10H,7,9,11-13H2,1-2H3. The minimum absolute atomic E-state index is 0.181. The quantitative estimate of drug-likeness (QED) is 0.560. The minimum Gasteiger partial charge on any atom is -0.489 e. The monoisotopic (exact) mass is 426 g/mol. The zero-order valence-corrected chi connectivity index (χ0v) is 17.7. The Morgan fingerprint density at radius 2 is 2.00 bits per heavy atom. The second-order valence-corrected chi connectivity index (χ2v) is 8.13. The molecule has 1 aromatic carbocycles. The number of aryl methyl sites for hydroxylation is 2. The molecule has 0 fully saturated rings. The van der Waals surface area contributed by atoms with E-state index in [1.165, 1.54) is 10.4 Å². The van der Waals surface area contributed by atoms with E-state index in [0.717, 1.165) is 23.4 Å². The molecule has 156 valence electrons. The highest BCUT2D eigenvalue weighted by Gasteiger charge is 2.22. The predicted molar refractivity (Wildman–Crippen MR) is 110 cm³/mol. The van der Waals surface area contributed by atoms with Crippen LogP contribution in [-0.2, 0) is 29.1 Å². The van der Waals surface area contributed by atoms with Crippen LogP contribution in [0.5, 0.6) is 5.75 Å². The fraction of sp³-hybridized carbons (Fsp3) is 0.318. The van der Waals surface area contributed by atoms with Crippen molar-refractivity contribution in [1.82, 2.24) is 10.1 Å². The van der Waals surface area contributed by atoms with Gasteiger partial charge in [-0.05, 0) is 61.5 Å². The summed E-state index contributed by atoms with van der Waals surface area (Å²) in [4.78, 5) is 27.7. The summed E-state index contributed by atoms with van der Waals surface area (Å²) in [6.07, 6.45) is 0.849. The Hall–Kier alpha value is -3.13. The normalized spacial score (nSPS) is 13.1. The molecule has 3 heterocycles. The Labute approximate surface area is 178 Å². The number of amides is 1. The number of benzene rings is 1. The van der Waals surface area contributed by atoms with E-state index < -0.39 is 5.97 Å². The fourth-order valence-electron chi connectivity index (χ4n) is 3.31. The highest BCUT2D eigenvalue weighted by atomic mass is 32.1. The van der Waals surface area contributed by atoms with Crippen LogP contribution in [0.3, 0.4) is 0 Å². The molecule has 0 N–H and O–H groups in total. The maximum absolute atomic E-state index is 12.4. The van der Waals surface area contributed by atoms with Gasteiger partial charge in [-0.25, -0.2) is 4.79 Å². The number of hydrogen-bond donors (Lipinski definition) is 0. The van der Waals surface area contributed by atoms with Crippen molar-refractivity contribution >= 4 is 23.2 Å². The molecule has 0 atom stereocenters. The minimum atomic E-state index is -0.533. The van der Waals surface area contributed by atoms with Gasteiger partial charge in [-0.2, -0.15) is 0 Å². The van der Waals surface area contributed by atoms with Crippen LogP contribution >= 0.6 is 11.3 Å². The van der Waals surface area contributed by atoms with E-state index in [-0.39, 0.29) is 12.5 Å². The van der Waals surface area contributed by atoms with Crippen molar-refractivity contribution in [2.75, 3.05) is 13.2 Å². The first-order chi connectivity index (χ1) is 14.5. The van der Waals surface area contributed by atoms with Crippen LogP contribution in [0.25, 0.3) is 0 Å². The smallest absolute Gasteiger partial charge is 0.338 e. The first kappa shape index (κ1) is 20.2. The van der Waals surface area contributed by atoms with Gasteiger partial charge in [0.2, 0.25) is 0 Å². The molecule has 1 aliphatic heterocycles. The van der Waals surface area contributed by atoms with E-state index in [0.29, 0.717) is 31.0 Å². The number of nitrogens with zero attached hydrogens (tertiary/aromatic N) is 2. The van der Waals surface area contributed by atoms with Crippen LogP contribution in [0.15, 0.2) is 40.2 Å². The summed E-state index contributed by atoms with van der Waals surface area (Å²) in [5.41, 5.74) is 3.25. The number of carbonyl (C=O) groups is 2. The Bertz CT molecular complexity index is 1030. The second kappa shape index (κ2) is 8.71. The van der Waals surface area contributed by atoms with Gasteiger partial charge in [0, 0.05) is 18.0 Å². The van der Waals surface area contributed by atoms with Crippen LogP contribution < -0.4 is 4.74 Å². The van der Waals surface area contributed by atoms with E-state index in [1.54, 1.807) is 40.5 Å².